The molecule has 0 radical (unpaired) electrons. The van der Waals surface area contributed by atoms with Crippen LogP contribution in [0.25, 0.3) is 0 Å². The first-order chi connectivity index (χ1) is 13.0. The lowest BCUT2D eigenvalue weighted by atomic mass is 10.1. The number of anilines is 1. The van der Waals surface area contributed by atoms with Crippen molar-refractivity contribution in [3.05, 3.63) is 88.7 Å². The number of benzene rings is 2. The lowest BCUT2D eigenvalue weighted by Crippen LogP contribution is -2.30. The Kier molecular flexibility index (Phi) is 6.09. The van der Waals surface area contributed by atoms with Gasteiger partial charge in [0.25, 0.3) is 5.91 Å². The van der Waals surface area contributed by atoms with Crippen LogP contribution in [0.5, 0.6) is 5.75 Å². The zero-order valence-corrected chi connectivity index (χ0v) is 16.0. The summed E-state index contributed by atoms with van der Waals surface area (Å²) in [7, 11) is 0. The molecule has 27 heavy (non-hydrogen) atoms. The molecule has 1 amide bonds. The van der Waals surface area contributed by atoms with Crippen LogP contribution >= 0.6 is 11.6 Å². The van der Waals surface area contributed by atoms with Crippen molar-refractivity contribution in [3.8, 4) is 5.75 Å². The summed E-state index contributed by atoms with van der Waals surface area (Å²) in [5.41, 5.74) is 3.99. The Labute approximate surface area is 164 Å². The molecule has 0 saturated heterocycles. The molecule has 2 aromatic carbocycles. The fourth-order valence-corrected chi connectivity index (χ4v) is 2.90. The van der Waals surface area contributed by atoms with Gasteiger partial charge in [-0.25, -0.2) is 0 Å². The summed E-state index contributed by atoms with van der Waals surface area (Å²) < 4.78 is 5.76. The Balaban J connectivity index is 1.58. The van der Waals surface area contributed by atoms with Crippen LogP contribution in [0.3, 0.4) is 0 Å². The van der Waals surface area contributed by atoms with Crippen LogP contribution in [-0.2, 0) is 11.2 Å². The maximum Gasteiger partial charge on any atom is 0.265 e. The largest absolute Gasteiger partial charge is 0.481 e. The summed E-state index contributed by atoms with van der Waals surface area (Å²) in [5.74, 6) is 0.445. The number of nitrogens with one attached hydrogen (secondary N) is 1. The summed E-state index contributed by atoms with van der Waals surface area (Å²) in [4.78, 5) is 16.4. The SMILES string of the molecule is Cc1cc(Cl)ccc1OC(C)C(=O)Nc1ccc(Cc2ccncc2)cc1. The lowest BCUT2D eigenvalue weighted by Gasteiger charge is -2.16. The van der Waals surface area contributed by atoms with E-state index in [1.54, 1.807) is 31.5 Å². The van der Waals surface area contributed by atoms with Crippen molar-refractivity contribution in [2.24, 2.45) is 0 Å². The van der Waals surface area contributed by atoms with Gasteiger partial charge in [0, 0.05) is 23.1 Å². The van der Waals surface area contributed by atoms with E-state index >= 15 is 0 Å². The second kappa shape index (κ2) is 8.69. The highest BCUT2D eigenvalue weighted by atomic mass is 35.5. The van der Waals surface area contributed by atoms with Crippen molar-refractivity contribution >= 4 is 23.2 Å². The number of carbonyl (C=O) groups is 1. The molecule has 1 unspecified atom stereocenters. The molecule has 3 aromatic rings. The number of amides is 1. The molecule has 1 heterocycles. The number of hydrogen-bond acceptors (Lipinski definition) is 3. The molecule has 3 rings (SSSR count). The van der Waals surface area contributed by atoms with Gasteiger partial charge in [0.2, 0.25) is 0 Å². The van der Waals surface area contributed by atoms with Crippen LogP contribution in [0.15, 0.2) is 67.0 Å². The lowest BCUT2D eigenvalue weighted by molar-refractivity contribution is -0.122. The second-order valence-electron chi connectivity index (χ2n) is 6.39. The summed E-state index contributed by atoms with van der Waals surface area (Å²) in [6.07, 6.45) is 3.77. The van der Waals surface area contributed by atoms with E-state index < -0.39 is 6.10 Å². The first-order valence-corrected chi connectivity index (χ1v) is 9.10. The molecule has 0 aliphatic rings. The van der Waals surface area contributed by atoms with Gasteiger partial charge in [0.1, 0.15) is 5.75 Å². The highest BCUT2D eigenvalue weighted by Gasteiger charge is 2.16. The van der Waals surface area contributed by atoms with E-state index in [2.05, 4.69) is 10.3 Å². The predicted octanol–water partition coefficient (Wildman–Crippen LogP) is 5.04. The minimum atomic E-state index is -0.624. The number of hydrogen-bond donors (Lipinski definition) is 1. The van der Waals surface area contributed by atoms with Crippen molar-refractivity contribution in [1.29, 1.82) is 0 Å². The number of pyridine rings is 1. The van der Waals surface area contributed by atoms with E-state index in [-0.39, 0.29) is 5.91 Å². The third kappa shape index (κ3) is 5.31. The van der Waals surface area contributed by atoms with Crippen LogP contribution in [-0.4, -0.2) is 17.0 Å². The molecular weight excluding hydrogens is 360 g/mol. The Morgan fingerprint density at radius 2 is 1.74 bits per heavy atom. The molecule has 1 N–H and O–H groups in total. The van der Waals surface area contributed by atoms with Crippen LogP contribution in [0.4, 0.5) is 5.69 Å². The molecule has 0 aliphatic heterocycles. The molecule has 0 aliphatic carbocycles. The van der Waals surface area contributed by atoms with E-state index in [1.165, 1.54) is 11.1 Å². The summed E-state index contributed by atoms with van der Waals surface area (Å²) in [6.45, 7) is 3.62. The molecule has 0 spiro atoms. The van der Waals surface area contributed by atoms with Gasteiger partial charge < -0.3 is 10.1 Å². The minimum Gasteiger partial charge on any atom is -0.481 e. The Bertz CT molecular complexity index is 911. The van der Waals surface area contributed by atoms with Crippen LogP contribution in [0.2, 0.25) is 5.02 Å². The molecular formula is C22H21ClN2O2. The molecule has 0 saturated carbocycles. The topological polar surface area (TPSA) is 51.2 Å². The van der Waals surface area contributed by atoms with Gasteiger partial charge in [-0.3, -0.25) is 9.78 Å². The Morgan fingerprint density at radius 1 is 1.07 bits per heavy atom. The van der Waals surface area contributed by atoms with Gasteiger partial charge in [-0.1, -0.05) is 23.7 Å². The summed E-state index contributed by atoms with van der Waals surface area (Å²) in [6, 6.07) is 17.1. The normalized spacial score (nSPS) is 11.7. The van der Waals surface area contributed by atoms with Gasteiger partial charge in [-0.2, -0.15) is 0 Å². The van der Waals surface area contributed by atoms with Gasteiger partial charge in [-0.15, -0.1) is 0 Å². The highest BCUT2D eigenvalue weighted by molar-refractivity contribution is 6.30. The van der Waals surface area contributed by atoms with Crippen molar-refractivity contribution < 1.29 is 9.53 Å². The summed E-state index contributed by atoms with van der Waals surface area (Å²) >= 11 is 5.95. The molecule has 1 aromatic heterocycles. The molecule has 0 fully saturated rings. The van der Waals surface area contributed by atoms with E-state index in [0.717, 1.165) is 17.7 Å². The first kappa shape index (κ1) is 18.9. The number of carbonyl (C=O) groups excluding carboxylic acids is 1. The third-order valence-corrected chi connectivity index (χ3v) is 4.42. The molecule has 1 atom stereocenters. The first-order valence-electron chi connectivity index (χ1n) is 8.73. The second-order valence-corrected chi connectivity index (χ2v) is 6.82. The van der Waals surface area contributed by atoms with Crippen LogP contribution < -0.4 is 10.1 Å². The van der Waals surface area contributed by atoms with Crippen molar-refractivity contribution in [3.63, 3.8) is 0 Å². The quantitative estimate of drug-likeness (QED) is 0.651. The van der Waals surface area contributed by atoms with Crippen molar-refractivity contribution in [2.75, 3.05) is 5.32 Å². The van der Waals surface area contributed by atoms with Gasteiger partial charge >= 0.3 is 0 Å². The van der Waals surface area contributed by atoms with E-state index in [0.29, 0.717) is 10.8 Å². The maximum atomic E-state index is 12.4. The molecule has 4 nitrogen and oxygen atoms in total. The number of aromatic nitrogens is 1. The maximum absolute atomic E-state index is 12.4. The van der Waals surface area contributed by atoms with Crippen molar-refractivity contribution in [2.45, 2.75) is 26.4 Å². The van der Waals surface area contributed by atoms with Gasteiger partial charge in [-0.05, 0) is 79.4 Å². The predicted molar refractivity (Wildman–Crippen MR) is 108 cm³/mol. The zero-order valence-electron chi connectivity index (χ0n) is 15.3. The molecule has 5 heteroatoms. The van der Waals surface area contributed by atoms with Crippen molar-refractivity contribution in [1.82, 2.24) is 4.98 Å². The Morgan fingerprint density at radius 3 is 2.41 bits per heavy atom. The zero-order chi connectivity index (χ0) is 19.2. The third-order valence-electron chi connectivity index (χ3n) is 4.19. The number of halogens is 1. The average Bonchev–Trinajstić information content (AvgIpc) is 2.66. The van der Waals surface area contributed by atoms with Gasteiger partial charge in [0.15, 0.2) is 6.10 Å². The highest BCUT2D eigenvalue weighted by Crippen LogP contribution is 2.23. The average molecular weight is 381 g/mol. The standard InChI is InChI=1S/C22H21ClN2O2/c1-15-13-19(23)5-8-21(15)27-16(2)22(26)25-20-6-3-17(4-7-20)14-18-9-11-24-12-10-18/h3-13,16H,14H2,1-2H3,(H,25,26). The fraction of sp³-hybridized carbons (Fsp3) is 0.182. The van der Waals surface area contributed by atoms with E-state index in [1.807, 2.05) is 49.4 Å². The smallest absolute Gasteiger partial charge is 0.265 e. The van der Waals surface area contributed by atoms with Gasteiger partial charge in [0.05, 0.1) is 0 Å². The minimum absolute atomic E-state index is 0.203. The Hall–Kier alpha value is -2.85. The number of nitrogens with zero attached hydrogens (tertiary/aromatic N) is 1. The monoisotopic (exact) mass is 380 g/mol. The number of rotatable bonds is 6. The van der Waals surface area contributed by atoms with E-state index in [9.17, 15) is 4.79 Å². The number of aryl methyl sites for hydroxylation is 1. The fourth-order valence-electron chi connectivity index (χ4n) is 2.68. The van der Waals surface area contributed by atoms with E-state index in [4.69, 9.17) is 16.3 Å². The molecule has 138 valence electrons. The summed E-state index contributed by atoms with van der Waals surface area (Å²) in [5, 5.41) is 3.53. The van der Waals surface area contributed by atoms with Crippen LogP contribution in [0, 0.1) is 6.92 Å². The number of ether oxygens (including phenoxy) is 1. The van der Waals surface area contributed by atoms with Crippen LogP contribution in [0.1, 0.15) is 23.6 Å². The molecule has 0 bridgehead atoms.